The zero-order valence-electron chi connectivity index (χ0n) is 12.0. The molecule has 1 unspecified atom stereocenters. The van der Waals surface area contributed by atoms with Crippen LogP contribution in [-0.2, 0) is 0 Å². The minimum atomic E-state index is -0.113. The second-order valence-electron chi connectivity index (χ2n) is 6.20. The van der Waals surface area contributed by atoms with Gasteiger partial charge in [-0.25, -0.2) is 0 Å². The number of hydrogen-bond donors (Lipinski definition) is 2. The summed E-state index contributed by atoms with van der Waals surface area (Å²) in [5.74, 6) is 0.501. The molecule has 2 aromatic carbocycles. The number of rotatable bonds is 2. The van der Waals surface area contributed by atoms with E-state index in [1.54, 1.807) is 0 Å². The highest BCUT2D eigenvalue weighted by atomic mass is 16.3. The zero-order valence-corrected chi connectivity index (χ0v) is 12.0. The van der Waals surface area contributed by atoms with E-state index >= 15 is 0 Å². The van der Waals surface area contributed by atoms with E-state index in [2.05, 4.69) is 43.3 Å². The number of nitrogens with two attached hydrogens (primary N) is 1. The lowest BCUT2D eigenvalue weighted by molar-refractivity contribution is 0.102. The molecule has 20 heavy (non-hydrogen) atoms. The van der Waals surface area contributed by atoms with Crippen molar-refractivity contribution in [2.45, 2.75) is 44.8 Å². The molecule has 1 aliphatic rings. The van der Waals surface area contributed by atoms with Gasteiger partial charge in [0.1, 0.15) is 0 Å². The standard InChI is InChI=1S/C18H23NO/c1-12-2-3-15-11-16(5-4-14(15)10-12)18(19)13-6-8-17(20)9-7-13/h2-5,10-11,13,17-18,20H,6-9,19H2,1H3. The lowest BCUT2D eigenvalue weighted by Crippen LogP contribution is -2.27. The van der Waals surface area contributed by atoms with Crippen molar-refractivity contribution in [2.75, 3.05) is 0 Å². The quantitative estimate of drug-likeness (QED) is 0.873. The van der Waals surface area contributed by atoms with Gasteiger partial charge in [0.05, 0.1) is 6.10 Å². The van der Waals surface area contributed by atoms with Crippen LogP contribution in [0.2, 0.25) is 0 Å². The Kier molecular flexibility index (Phi) is 3.77. The number of aliphatic hydroxyl groups is 1. The monoisotopic (exact) mass is 269 g/mol. The molecule has 1 atom stereocenters. The summed E-state index contributed by atoms with van der Waals surface area (Å²) in [7, 11) is 0. The van der Waals surface area contributed by atoms with Crippen LogP contribution in [0.4, 0.5) is 0 Å². The van der Waals surface area contributed by atoms with E-state index in [0.29, 0.717) is 5.92 Å². The summed E-state index contributed by atoms with van der Waals surface area (Å²) in [5, 5.41) is 12.1. The molecule has 2 nitrogen and oxygen atoms in total. The molecule has 0 spiro atoms. The number of hydrogen-bond acceptors (Lipinski definition) is 2. The Balaban J connectivity index is 1.84. The van der Waals surface area contributed by atoms with Crippen molar-refractivity contribution >= 4 is 10.8 Å². The third-order valence-corrected chi connectivity index (χ3v) is 4.65. The average molecular weight is 269 g/mol. The Morgan fingerprint density at radius 1 is 1.00 bits per heavy atom. The Hall–Kier alpha value is -1.38. The van der Waals surface area contributed by atoms with Crippen molar-refractivity contribution in [1.29, 1.82) is 0 Å². The molecule has 0 aromatic heterocycles. The Morgan fingerprint density at radius 3 is 2.40 bits per heavy atom. The third kappa shape index (κ3) is 2.72. The molecule has 2 aromatic rings. The number of fused-ring (bicyclic) bond motifs is 1. The lowest BCUT2D eigenvalue weighted by atomic mass is 9.80. The van der Waals surface area contributed by atoms with Gasteiger partial charge in [0.15, 0.2) is 0 Å². The van der Waals surface area contributed by atoms with Crippen LogP contribution in [0.25, 0.3) is 10.8 Å². The van der Waals surface area contributed by atoms with Crippen molar-refractivity contribution in [2.24, 2.45) is 11.7 Å². The largest absolute Gasteiger partial charge is 0.393 e. The molecule has 1 aliphatic carbocycles. The summed E-state index contributed by atoms with van der Waals surface area (Å²) < 4.78 is 0. The van der Waals surface area contributed by atoms with Gasteiger partial charge in [-0.15, -0.1) is 0 Å². The molecular weight excluding hydrogens is 246 g/mol. The SMILES string of the molecule is Cc1ccc2cc(C(N)C3CCC(O)CC3)ccc2c1. The molecule has 3 N–H and O–H groups in total. The van der Waals surface area contributed by atoms with Gasteiger partial charge in [0, 0.05) is 6.04 Å². The molecule has 1 fully saturated rings. The molecule has 2 heteroatoms. The van der Waals surface area contributed by atoms with Crippen molar-refractivity contribution < 1.29 is 5.11 Å². The minimum absolute atomic E-state index is 0.0909. The molecule has 3 rings (SSSR count). The van der Waals surface area contributed by atoms with Crippen LogP contribution >= 0.6 is 0 Å². The first-order valence-corrected chi connectivity index (χ1v) is 7.57. The van der Waals surface area contributed by atoms with Gasteiger partial charge >= 0.3 is 0 Å². The molecule has 106 valence electrons. The van der Waals surface area contributed by atoms with Crippen LogP contribution in [0.3, 0.4) is 0 Å². The molecule has 0 radical (unpaired) electrons. The number of aliphatic hydroxyl groups excluding tert-OH is 1. The second-order valence-corrected chi connectivity index (χ2v) is 6.20. The minimum Gasteiger partial charge on any atom is -0.393 e. The van der Waals surface area contributed by atoms with E-state index in [9.17, 15) is 5.11 Å². The lowest BCUT2D eigenvalue weighted by Gasteiger charge is -2.30. The van der Waals surface area contributed by atoms with Gasteiger partial charge in [-0.2, -0.15) is 0 Å². The second kappa shape index (κ2) is 5.55. The highest BCUT2D eigenvalue weighted by Crippen LogP contribution is 2.34. The van der Waals surface area contributed by atoms with Crippen LogP contribution in [0.1, 0.15) is 42.9 Å². The maximum atomic E-state index is 9.61. The fourth-order valence-corrected chi connectivity index (χ4v) is 3.32. The first kappa shape index (κ1) is 13.6. The maximum Gasteiger partial charge on any atom is 0.0540 e. The van der Waals surface area contributed by atoms with Gasteiger partial charge in [0.25, 0.3) is 0 Å². The Bertz CT molecular complexity index is 599. The summed E-state index contributed by atoms with van der Waals surface area (Å²) in [4.78, 5) is 0. The van der Waals surface area contributed by atoms with E-state index in [4.69, 9.17) is 5.73 Å². The predicted molar refractivity (Wildman–Crippen MR) is 83.6 cm³/mol. The molecule has 0 bridgehead atoms. The summed E-state index contributed by atoms with van der Waals surface area (Å²) in [5.41, 5.74) is 8.97. The Labute approximate surface area is 120 Å². The fraction of sp³-hybridized carbons (Fsp3) is 0.444. The topological polar surface area (TPSA) is 46.2 Å². The van der Waals surface area contributed by atoms with Crippen LogP contribution in [0.15, 0.2) is 36.4 Å². The van der Waals surface area contributed by atoms with E-state index in [1.807, 2.05) is 0 Å². The van der Waals surface area contributed by atoms with E-state index in [1.165, 1.54) is 21.9 Å². The summed E-state index contributed by atoms with van der Waals surface area (Å²) in [6.07, 6.45) is 3.75. The van der Waals surface area contributed by atoms with Crippen LogP contribution < -0.4 is 5.73 Å². The first-order valence-electron chi connectivity index (χ1n) is 7.57. The van der Waals surface area contributed by atoms with Crippen molar-refractivity contribution in [1.82, 2.24) is 0 Å². The molecule has 0 amide bonds. The van der Waals surface area contributed by atoms with Gasteiger partial charge < -0.3 is 10.8 Å². The molecule has 0 aliphatic heterocycles. The Morgan fingerprint density at radius 2 is 1.65 bits per heavy atom. The third-order valence-electron chi connectivity index (χ3n) is 4.65. The molecular formula is C18H23NO. The number of aryl methyl sites for hydroxylation is 1. The van der Waals surface area contributed by atoms with E-state index in [0.717, 1.165) is 25.7 Å². The first-order chi connectivity index (χ1) is 9.63. The van der Waals surface area contributed by atoms with Crippen molar-refractivity contribution in [3.63, 3.8) is 0 Å². The number of benzene rings is 2. The van der Waals surface area contributed by atoms with Crippen LogP contribution in [-0.4, -0.2) is 11.2 Å². The van der Waals surface area contributed by atoms with Crippen molar-refractivity contribution in [3.05, 3.63) is 47.5 Å². The van der Waals surface area contributed by atoms with E-state index in [-0.39, 0.29) is 12.1 Å². The maximum absolute atomic E-state index is 9.61. The van der Waals surface area contributed by atoms with Gasteiger partial charge in [0.2, 0.25) is 0 Å². The molecule has 0 saturated heterocycles. The normalized spacial score (nSPS) is 24.8. The molecule has 0 heterocycles. The zero-order chi connectivity index (χ0) is 14.1. The van der Waals surface area contributed by atoms with Crippen molar-refractivity contribution in [3.8, 4) is 0 Å². The van der Waals surface area contributed by atoms with Gasteiger partial charge in [-0.05, 0) is 60.9 Å². The van der Waals surface area contributed by atoms with Gasteiger partial charge in [-0.3, -0.25) is 0 Å². The van der Waals surface area contributed by atoms with Crippen LogP contribution in [0.5, 0.6) is 0 Å². The molecule has 1 saturated carbocycles. The van der Waals surface area contributed by atoms with Crippen LogP contribution in [0, 0.1) is 12.8 Å². The summed E-state index contributed by atoms with van der Waals surface area (Å²) in [6, 6.07) is 13.2. The van der Waals surface area contributed by atoms with E-state index < -0.39 is 0 Å². The fourth-order valence-electron chi connectivity index (χ4n) is 3.32. The smallest absolute Gasteiger partial charge is 0.0540 e. The summed E-state index contributed by atoms with van der Waals surface area (Å²) >= 11 is 0. The highest BCUT2D eigenvalue weighted by Gasteiger charge is 2.25. The average Bonchev–Trinajstić information content (AvgIpc) is 2.47. The predicted octanol–water partition coefficient (Wildman–Crippen LogP) is 3.70. The van der Waals surface area contributed by atoms with Gasteiger partial charge in [-0.1, -0.05) is 35.9 Å². The summed E-state index contributed by atoms with van der Waals surface area (Å²) in [6.45, 7) is 2.12. The highest BCUT2D eigenvalue weighted by molar-refractivity contribution is 5.83.